The topological polar surface area (TPSA) is 84.5 Å². The first-order valence-corrected chi connectivity index (χ1v) is 11.1. The van der Waals surface area contributed by atoms with Crippen molar-refractivity contribution in [3.63, 3.8) is 0 Å². The Balaban J connectivity index is 1.51. The monoisotopic (exact) mass is 402 g/mol. The Labute approximate surface area is 166 Å². The number of aryl methyl sites for hydroxylation is 1. The van der Waals surface area contributed by atoms with Crippen molar-refractivity contribution in [1.29, 1.82) is 0 Å². The Morgan fingerprint density at radius 3 is 2.64 bits per heavy atom. The van der Waals surface area contributed by atoms with Gasteiger partial charge in [-0.3, -0.25) is 4.79 Å². The number of rotatable bonds is 8. The fraction of sp³-hybridized carbons (Fsp3) is 0.381. The van der Waals surface area contributed by atoms with E-state index in [1.54, 1.807) is 12.1 Å². The van der Waals surface area contributed by atoms with Gasteiger partial charge in [0.2, 0.25) is 15.9 Å². The highest BCUT2D eigenvalue weighted by molar-refractivity contribution is 7.89. The van der Waals surface area contributed by atoms with E-state index in [9.17, 15) is 13.2 Å². The lowest BCUT2D eigenvalue weighted by Gasteiger charge is -2.26. The minimum Gasteiger partial charge on any atom is -0.494 e. The summed E-state index contributed by atoms with van der Waals surface area (Å²) in [4.78, 5) is 12.4. The summed E-state index contributed by atoms with van der Waals surface area (Å²) in [5.74, 6) is 0.463. The molecule has 0 aromatic heterocycles. The zero-order valence-corrected chi connectivity index (χ0v) is 16.8. The predicted octanol–water partition coefficient (Wildman–Crippen LogP) is 2.95. The number of sulfonamides is 1. The number of benzene rings is 2. The van der Waals surface area contributed by atoms with Gasteiger partial charge in [0.05, 0.1) is 17.5 Å². The molecule has 0 bridgehead atoms. The van der Waals surface area contributed by atoms with Crippen molar-refractivity contribution < 1.29 is 17.9 Å². The van der Waals surface area contributed by atoms with Crippen molar-refractivity contribution in [1.82, 2.24) is 10.0 Å². The molecule has 150 valence electrons. The third-order valence-electron chi connectivity index (χ3n) is 4.79. The minimum absolute atomic E-state index is 0.000155. The van der Waals surface area contributed by atoms with Crippen LogP contribution in [0.2, 0.25) is 0 Å². The number of carbonyl (C=O) groups excluding carboxylic acids is 1. The van der Waals surface area contributed by atoms with E-state index in [1.807, 2.05) is 25.1 Å². The van der Waals surface area contributed by atoms with Crippen LogP contribution < -0.4 is 14.8 Å². The number of ether oxygens (including phenoxy) is 1. The van der Waals surface area contributed by atoms with E-state index < -0.39 is 10.0 Å². The summed E-state index contributed by atoms with van der Waals surface area (Å²) in [6.07, 6.45) is 3.06. The standard InChI is InChI=1S/C21H26N2O4S/c1-2-27-17-10-12-18(13-11-17)28(25,26)22-15-14-21(24)23-20-9-5-7-16-6-3-4-8-19(16)20/h3-4,6,8,10-13,20,22H,2,5,7,9,14-15H2,1H3,(H,23,24). The van der Waals surface area contributed by atoms with Crippen LogP contribution in [-0.2, 0) is 21.2 Å². The molecule has 2 N–H and O–H groups in total. The predicted molar refractivity (Wildman–Crippen MR) is 108 cm³/mol. The molecule has 7 heteroatoms. The Morgan fingerprint density at radius 2 is 1.89 bits per heavy atom. The number of nitrogens with one attached hydrogen (secondary N) is 2. The first kappa shape index (κ1) is 20.4. The van der Waals surface area contributed by atoms with Gasteiger partial charge in [-0.15, -0.1) is 0 Å². The van der Waals surface area contributed by atoms with Gasteiger partial charge in [0.25, 0.3) is 0 Å². The van der Waals surface area contributed by atoms with Gasteiger partial charge in [0.15, 0.2) is 0 Å². The SMILES string of the molecule is CCOc1ccc(S(=O)(=O)NCCC(=O)NC2CCCc3ccccc32)cc1. The van der Waals surface area contributed by atoms with E-state index in [-0.39, 0.29) is 29.8 Å². The Morgan fingerprint density at radius 1 is 1.14 bits per heavy atom. The second-order valence-corrected chi connectivity index (χ2v) is 8.53. The summed E-state index contributed by atoms with van der Waals surface area (Å²) in [5, 5.41) is 3.03. The summed E-state index contributed by atoms with van der Waals surface area (Å²) in [6.45, 7) is 2.43. The third-order valence-corrected chi connectivity index (χ3v) is 6.27. The van der Waals surface area contributed by atoms with Crippen molar-refractivity contribution in [2.45, 2.75) is 43.5 Å². The maximum absolute atomic E-state index is 12.4. The quantitative estimate of drug-likeness (QED) is 0.711. The maximum atomic E-state index is 12.4. The molecule has 0 aliphatic heterocycles. The van der Waals surface area contributed by atoms with Crippen molar-refractivity contribution in [3.8, 4) is 5.75 Å². The molecule has 0 saturated carbocycles. The maximum Gasteiger partial charge on any atom is 0.240 e. The molecule has 0 fully saturated rings. The molecule has 1 amide bonds. The molecule has 0 radical (unpaired) electrons. The summed E-state index contributed by atoms with van der Waals surface area (Å²) in [5.41, 5.74) is 2.44. The fourth-order valence-corrected chi connectivity index (χ4v) is 4.47. The van der Waals surface area contributed by atoms with Crippen molar-refractivity contribution >= 4 is 15.9 Å². The third kappa shape index (κ3) is 5.11. The molecule has 1 aliphatic carbocycles. The van der Waals surface area contributed by atoms with Gasteiger partial charge in [0.1, 0.15) is 5.75 Å². The van der Waals surface area contributed by atoms with E-state index in [1.165, 1.54) is 17.7 Å². The minimum atomic E-state index is -3.65. The molecule has 3 rings (SSSR count). The second-order valence-electron chi connectivity index (χ2n) is 6.76. The van der Waals surface area contributed by atoms with Gasteiger partial charge in [0, 0.05) is 13.0 Å². The Bertz CT molecular complexity index is 910. The van der Waals surface area contributed by atoms with E-state index in [0.29, 0.717) is 12.4 Å². The van der Waals surface area contributed by atoms with Crippen LogP contribution in [0.4, 0.5) is 0 Å². The molecule has 0 spiro atoms. The van der Waals surface area contributed by atoms with Gasteiger partial charge in [-0.2, -0.15) is 0 Å². The molecule has 1 aliphatic rings. The number of hydrogen-bond donors (Lipinski definition) is 2. The largest absolute Gasteiger partial charge is 0.494 e. The number of fused-ring (bicyclic) bond motifs is 1. The summed E-state index contributed by atoms with van der Waals surface area (Å²) in [7, 11) is -3.65. The molecule has 28 heavy (non-hydrogen) atoms. The highest BCUT2D eigenvalue weighted by atomic mass is 32.2. The van der Waals surface area contributed by atoms with Crippen LogP contribution in [0.25, 0.3) is 0 Å². The lowest BCUT2D eigenvalue weighted by Crippen LogP contribution is -2.34. The Hall–Kier alpha value is -2.38. The molecule has 2 aromatic rings. The number of amides is 1. The molecule has 0 heterocycles. The van der Waals surface area contributed by atoms with Crippen LogP contribution in [0.5, 0.6) is 5.75 Å². The summed E-state index contributed by atoms with van der Waals surface area (Å²) >= 11 is 0. The van der Waals surface area contributed by atoms with Crippen LogP contribution in [0.1, 0.15) is 43.4 Å². The molecule has 6 nitrogen and oxygen atoms in total. The molecular weight excluding hydrogens is 376 g/mol. The van der Waals surface area contributed by atoms with Gasteiger partial charge >= 0.3 is 0 Å². The summed E-state index contributed by atoms with van der Waals surface area (Å²) < 4.78 is 32.5. The van der Waals surface area contributed by atoms with Crippen LogP contribution in [0.15, 0.2) is 53.4 Å². The average molecular weight is 403 g/mol. The van der Waals surface area contributed by atoms with E-state index in [4.69, 9.17) is 4.74 Å². The van der Waals surface area contributed by atoms with E-state index >= 15 is 0 Å². The molecule has 0 saturated heterocycles. The van der Waals surface area contributed by atoms with Crippen molar-refractivity contribution in [2.24, 2.45) is 0 Å². The first-order chi connectivity index (χ1) is 13.5. The smallest absolute Gasteiger partial charge is 0.240 e. The highest BCUT2D eigenvalue weighted by Gasteiger charge is 2.21. The second kappa shape index (κ2) is 9.21. The van der Waals surface area contributed by atoms with E-state index in [0.717, 1.165) is 24.8 Å². The van der Waals surface area contributed by atoms with Gasteiger partial charge in [-0.05, 0) is 61.6 Å². The van der Waals surface area contributed by atoms with Crippen molar-refractivity contribution in [2.75, 3.05) is 13.2 Å². The zero-order valence-electron chi connectivity index (χ0n) is 16.0. The Kier molecular flexibility index (Phi) is 6.70. The molecule has 1 unspecified atom stereocenters. The number of hydrogen-bond acceptors (Lipinski definition) is 4. The average Bonchev–Trinajstić information content (AvgIpc) is 2.69. The van der Waals surface area contributed by atoms with Crippen LogP contribution in [0.3, 0.4) is 0 Å². The molecule has 1 atom stereocenters. The van der Waals surface area contributed by atoms with Crippen LogP contribution in [-0.4, -0.2) is 27.5 Å². The van der Waals surface area contributed by atoms with E-state index in [2.05, 4.69) is 16.1 Å². The van der Waals surface area contributed by atoms with Crippen molar-refractivity contribution in [3.05, 3.63) is 59.7 Å². The van der Waals surface area contributed by atoms with Gasteiger partial charge < -0.3 is 10.1 Å². The number of carbonyl (C=O) groups is 1. The van der Waals surface area contributed by atoms with Gasteiger partial charge in [-0.1, -0.05) is 24.3 Å². The normalized spacial score (nSPS) is 16.2. The van der Waals surface area contributed by atoms with Gasteiger partial charge in [-0.25, -0.2) is 13.1 Å². The van der Waals surface area contributed by atoms with Crippen LogP contribution >= 0.6 is 0 Å². The highest BCUT2D eigenvalue weighted by Crippen LogP contribution is 2.29. The lowest BCUT2D eigenvalue weighted by atomic mass is 9.88. The molecular formula is C21H26N2O4S. The lowest BCUT2D eigenvalue weighted by molar-refractivity contribution is -0.121. The first-order valence-electron chi connectivity index (χ1n) is 9.59. The summed E-state index contributed by atoms with van der Waals surface area (Å²) in [6, 6.07) is 14.4. The molecule has 2 aromatic carbocycles. The zero-order chi connectivity index (χ0) is 20.0. The fourth-order valence-electron chi connectivity index (χ4n) is 3.43. The van der Waals surface area contributed by atoms with Crippen LogP contribution in [0, 0.1) is 0 Å².